The topological polar surface area (TPSA) is 87.8 Å². The van der Waals surface area contributed by atoms with Gasteiger partial charge >= 0.3 is 6.18 Å². The first-order valence-electron chi connectivity index (χ1n) is 11.3. The summed E-state index contributed by atoms with van der Waals surface area (Å²) in [7, 11) is 2.85. The van der Waals surface area contributed by atoms with Crippen LogP contribution in [-0.4, -0.2) is 51.4 Å². The molecule has 196 valence electrons. The maximum atomic E-state index is 13.9. The molecule has 1 saturated heterocycles. The number of ether oxygens (including phenoxy) is 2. The van der Waals surface area contributed by atoms with Crippen LogP contribution in [0.5, 0.6) is 5.75 Å². The van der Waals surface area contributed by atoms with E-state index in [1.807, 2.05) is 12.1 Å². The number of nitrogens with one attached hydrogen (secondary N) is 3. The molecule has 4 rings (SSSR count). The minimum atomic E-state index is -4.76. The summed E-state index contributed by atoms with van der Waals surface area (Å²) in [6.07, 6.45) is -4.09. The zero-order chi connectivity index (χ0) is 26.6. The number of methoxy groups -OCH3 is 1. The van der Waals surface area contributed by atoms with Crippen molar-refractivity contribution in [1.82, 2.24) is 10.3 Å². The predicted octanol–water partition coefficient (Wildman–Crippen LogP) is 4.93. The summed E-state index contributed by atoms with van der Waals surface area (Å²) in [4.78, 5) is 18.2. The van der Waals surface area contributed by atoms with Gasteiger partial charge in [0.05, 0.1) is 48.5 Å². The number of anilines is 5. The highest BCUT2D eigenvalue weighted by Gasteiger charge is 2.34. The summed E-state index contributed by atoms with van der Waals surface area (Å²) in [6.45, 7) is 2.67. The van der Waals surface area contributed by atoms with Gasteiger partial charge in [0.1, 0.15) is 17.4 Å². The number of hydrogen-bond donors (Lipinski definition) is 3. The fourth-order valence-corrected chi connectivity index (χ4v) is 3.89. The molecule has 0 spiro atoms. The van der Waals surface area contributed by atoms with Crippen molar-refractivity contribution in [2.24, 2.45) is 0 Å². The third kappa shape index (κ3) is 6.02. The third-order valence-electron chi connectivity index (χ3n) is 5.76. The molecular weight excluding hydrogens is 494 g/mol. The molecule has 0 bridgehead atoms. The van der Waals surface area contributed by atoms with Gasteiger partial charge in [-0.3, -0.25) is 4.79 Å². The van der Waals surface area contributed by atoms with Crippen LogP contribution in [0, 0.1) is 5.82 Å². The number of pyridine rings is 1. The van der Waals surface area contributed by atoms with Crippen LogP contribution in [0.1, 0.15) is 15.9 Å². The van der Waals surface area contributed by atoms with E-state index in [9.17, 15) is 22.4 Å². The average Bonchev–Trinajstić information content (AvgIpc) is 2.88. The van der Waals surface area contributed by atoms with Crippen molar-refractivity contribution in [3.05, 3.63) is 65.6 Å². The minimum absolute atomic E-state index is 0.0243. The average molecular weight is 519 g/mol. The molecule has 1 aliphatic rings. The summed E-state index contributed by atoms with van der Waals surface area (Å²) in [5.41, 5.74) is -0.251. The lowest BCUT2D eigenvalue weighted by atomic mass is 10.1. The molecule has 0 unspecified atom stereocenters. The first kappa shape index (κ1) is 26.0. The highest BCUT2D eigenvalue weighted by Crippen LogP contribution is 2.39. The van der Waals surface area contributed by atoms with Crippen molar-refractivity contribution in [3.8, 4) is 5.75 Å². The van der Waals surface area contributed by atoms with Gasteiger partial charge in [-0.25, -0.2) is 9.37 Å². The molecule has 0 saturated carbocycles. The maximum absolute atomic E-state index is 13.9. The van der Waals surface area contributed by atoms with E-state index in [-0.39, 0.29) is 17.1 Å². The number of amides is 1. The van der Waals surface area contributed by atoms with Gasteiger partial charge in [0.15, 0.2) is 0 Å². The van der Waals surface area contributed by atoms with Gasteiger partial charge in [-0.1, -0.05) is 0 Å². The Kier molecular flexibility index (Phi) is 7.67. The highest BCUT2D eigenvalue weighted by atomic mass is 19.4. The largest absolute Gasteiger partial charge is 0.494 e. The van der Waals surface area contributed by atoms with E-state index in [0.29, 0.717) is 30.8 Å². The van der Waals surface area contributed by atoms with E-state index >= 15 is 0 Å². The maximum Gasteiger partial charge on any atom is 0.419 e. The van der Waals surface area contributed by atoms with Gasteiger partial charge in [0.25, 0.3) is 5.91 Å². The molecule has 0 aliphatic carbocycles. The second-order valence-electron chi connectivity index (χ2n) is 8.12. The van der Waals surface area contributed by atoms with E-state index in [4.69, 9.17) is 9.47 Å². The van der Waals surface area contributed by atoms with E-state index in [0.717, 1.165) is 37.0 Å². The number of aromatic nitrogens is 1. The summed E-state index contributed by atoms with van der Waals surface area (Å²) in [5.74, 6) is -0.771. The first-order valence-corrected chi connectivity index (χ1v) is 11.3. The molecule has 3 aromatic rings. The lowest BCUT2D eigenvalue weighted by Crippen LogP contribution is -2.36. The van der Waals surface area contributed by atoms with Crippen molar-refractivity contribution < 1.29 is 31.8 Å². The van der Waals surface area contributed by atoms with Crippen LogP contribution >= 0.6 is 0 Å². The molecule has 1 aromatic heterocycles. The molecule has 1 amide bonds. The number of carbonyl (C=O) groups is 1. The van der Waals surface area contributed by atoms with Crippen LogP contribution in [0.4, 0.5) is 46.1 Å². The van der Waals surface area contributed by atoms with E-state index in [1.165, 1.54) is 20.2 Å². The number of benzene rings is 2. The summed E-state index contributed by atoms with van der Waals surface area (Å²) < 4.78 is 66.1. The van der Waals surface area contributed by atoms with Gasteiger partial charge in [0, 0.05) is 44.2 Å². The number of nitrogens with zero attached hydrogens (tertiary/aromatic N) is 2. The van der Waals surface area contributed by atoms with Crippen molar-refractivity contribution in [1.29, 1.82) is 0 Å². The fraction of sp³-hybridized carbons (Fsp3) is 0.280. The Morgan fingerprint density at radius 2 is 1.78 bits per heavy atom. The second-order valence-corrected chi connectivity index (χ2v) is 8.12. The molecule has 2 aromatic carbocycles. The Balaban J connectivity index is 1.68. The van der Waals surface area contributed by atoms with Crippen LogP contribution in [0.2, 0.25) is 0 Å². The molecular formula is C25H25F4N5O3. The van der Waals surface area contributed by atoms with Crippen LogP contribution in [0.25, 0.3) is 0 Å². The van der Waals surface area contributed by atoms with Crippen LogP contribution in [-0.2, 0) is 10.9 Å². The molecule has 1 fully saturated rings. The SMILES string of the molecule is CNC(=O)c1ccc(F)cc1Nc1cc(Nc2ccc(N3CCOCC3)cc2OC)ncc1C(F)(F)F. The summed E-state index contributed by atoms with van der Waals surface area (Å²) in [5, 5.41) is 7.92. The van der Waals surface area contributed by atoms with E-state index in [2.05, 4.69) is 25.8 Å². The molecule has 12 heteroatoms. The van der Waals surface area contributed by atoms with Gasteiger partial charge in [-0.15, -0.1) is 0 Å². The Labute approximate surface area is 210 Å². The molecule has 37 heavy (non-hydrogen) atoms. The zero-order valence-electron chi connectivity index (χ0n) is 20.1. The molecule has 8 nitrogen and oxygen atoms in total. The summed E-state index contributed by atoms with van der Waals surface area (Å²) in [6, 6.07) is 9.74. The molecule has 2 heterocycles. The summed E-state index contributed by atoms with van der Waals surface area (Å²) >= 11 is 0. The zero-order valence-corrected chi connectivity index (χ0v) is 20.1. The minimum Gasteiger partial charge on any atom is -0.494 e. The van der Waals surface area contributed by atoms with E-state index in [1.54, 1.807) is 6.07 Å². The van der Waals surface area contributed by atoms with Gasteiger partial charge in [-0.05, 0) is 30.3 Å². The Morgan fingerprint density at radius 1 is 1.03 bits per heavy atom. The lowest BCUT2D eigenvalue weighted by Gasteiger charge is -2.29. The fourth-order valence-electron chi connectivity index (χ4n) is 3.89. The predicted molar refractivity (Wildman–Crippen MR) is 132 cm³/mol. The number of carbonyl (C=O) groups excluding carboxylic acids is 1. The van der Waals surface area contributed by atoms with Crippen molar-refractivity contribution in [2.45, 2.75) is 6.18 Å². The van der Waals surface area contributed by atoms with Crippen molar-refractivity contribution in [2.75, 3.05) is 56.0 Å². The van der Waals surface area contributed by atoms with Gasteiger partial charge in [0.2, 0.25) is 0 Å². The Hall–Kier alpha value is -4.06. The van der Waals surface area contributed by atoms with Crippen LogP contribution in [0.3, 0.4) is 0 Å². The molecule has 0 radical (unpaired) electrons. The Bertz CT molecular complexity index is 1280. The normalized spacial score (nSPS) is 13.7. The Morgan fingerprint density at radius 3 is 2.46 bits per heavy atom. The van der Waals surface area contributed by atoms with Gasteiger partial charge in [-0.2, -0.15) is 13.2 Å². The molecule has 0 atom stereocenters. The van der Waals surface area contributed by atoms with Crippen LogP contribution < -0.4 is 25.6 Å². The van der Waals surface area contributed by atoms with Crippen molar-refractivity contribution >= 4 is 34.5 Å². The number of rotatable bonds is 7. The quantitative estimate of drug-likeness (QED) is 0.382. The first-order chi connectivity index (χ1) is 17.7. The van der Waals surface area contributed by atoms with E-state index < -0.39 is 29.2 Å². The third-order valence-corrected chi connectivity index (χ3v) is 5.76. The standard InChI is InChI=1S/C25H25F4N5O3/c1-30-24(35)17-5-3-15(26)11-20(17)32-21-13-23(31-14-18(21)25(27,28)29)33-19-6-4-16(12-22(19)36-2)34-7-9-37-10-8-34/h3-6,11-14H,7-10H2,1-2H3,(H,30,35)(H2,31,32,33). The number of alkyl halides is 3. The van der Waals surface area contributed by atoms with Crippen molar-refractivity contribution in [3.63, 3.8) is 0 Å². The number of morpholine rings is 1. The molecule has 1 aliphatic heterocycles. The molecule has 3 N–H and O–H groups in total. The highest BCUT2D eigenvalue weighted by molar-refractivity contribution is 6.00. The monoisotopic (exact) mass is 519 g/mol. The second kappa shape index (κ2) is 10.9. The van der Waals surface area contributed by atoms with Crippen LogP contribution in [0.15, 0.2) is 48.7 Å². The lowest BCUT2D eigenvalue weighted by molar-refractivity contribution is -0.137. The smallest absolute Gasteiger partial charge is 0.419 e. The van der Waals surface area contributed by atoms with Gasteiger partial charge < -0.3 is 30.3 Å². The number of hydrogen-bond acceptors (Lipinski definition) is 7. The number of halogens is 4.